The summed E-state index contributed by atoms with van der Waals surface area (Å²) in [6, 6.07) is 0. The quantitative estimate of drug-likeness (QED) is 0.259. The number of carbonyl (C=O) groups is 1. The number of cyclic esters (lactones) is 1. The molecule has 1 saturated heterocycles. The van der Waals surface area contributed by atoms with E-state index in [0.29, 0.717) is 18.9 Å². The van der Waals surface area contributed by atoms with Gasteiger partial charge in [0, 0.05) is 6.42 Å². The lowest BCUT2D eigenvalue weighted by atomic mass is 9.96. The number of carbonyl (C=O) groups excluding carboxylic acids is 1. The maximum absolute atomic E-state index is 11.2. The zero-order valence-electron chi connectivity index (χ0n) is 15.6. The van der Waals surface area contributed by atoms with Crippen LogP contribution in [0, 0.1) is 5.92 Å². The lowest BCUT2D eigenvalue weighted by molar-refractivity contribution is -0.143. The highest BCUT2D eigenvalue weighted by atomic mass is 16.5. The maximum atomic E-state index is 11.2. The maximum Gasteiger partial charge on any atom is 0.305 e. The summed E-state index contributed by atoms with van der Waals surface area (Å²) >= 11 is 0. The van der Waals surface area contributed by atoms with Crippen molar-refractivity contribution in [1.29, 1.82) is 0 Å². The first kappa shape index (κ1) is 20.5. The summed E-state index contributed by atoms with van der Waals surface area (Å²) in [6.45, 7) is 2.96. The molecule has 0 spiro atoms. The average molecular weight is 325 g/mol. The van der Waals surface area contributed by atoms with Crippen LogP contribution in [0.3, 0.4) is 0 Å². The molecule has 1 unspecified atom stereocenters. The van der Waals surface area contributed by atoms with Gasteiger partial charge >= 0.3 is 5.97 Å². The van der Waals surface area contributed by atoms with Gasteiger partial charge < -0.3 is 4.74 Å². The van der Waals surface area contributed by atoms with Crippen LogP contribution in [0.25, 0.3) is 0 Å². The normalized spacial score (nSPS) is 18.7. The largest absolute Gasteiger partial charge is 0.465 e. The molecule has 1 atom stereocenters. The molecule has 0 aromatic rings. The molecule has 136 valence electrons. The fourth-order valence-corrected chi connectivity index (χ4v) is 3.58. The Bertz CT molecular complexity index is 275. The van der Waals surface area contributed by atoms with Gasteiger partial charge in [-0.1, -0.05) is 90.4 Å². The van der Waals surface area contributed by atoms with Crippen LogP contribution in [-0.2, 0) is 9.53 Å². The highest BCUT2D eigenvalue weighted by molar-refractivity contribution is 5.69. The van der Waals surface area contributed by atoms with Crippen molar-refractivity contribution in [2.24, 2.45) is 5.92 Å². The summed E-state index contributed by atoms with van der Waals surface area (Å²) in [6.07, 6.45) is 22.5. The Morgan fingerprint density at radius 1 is 0.826 bits per heavy atom. The van der Waals surface area contributed by atoms with Gasteiger partial charge in [-0.15, -0.1) is 0 Å². The Morgan fingerprint density at radius 2 is 1.35 bits per heavy atom. The zero-order valence-corrected chi connectivity index (χ0v) is 15.6. The van der Waals surface area contributed by atoms with Gasteiger partial charge in [-0.25, -0.2) is 0 Å². The van der Waals surface area contributed by atoms with Crippen molar-refractivity contribution in [3.8, 4) is 0 Å². The molecule has 0 bridgehead atoms. The molecule has 1 fully saturated rings. The van der Waals surface area contributed by atoms with E-state index in [-0.39, 0.29) is 5.97 Å². The van der Waals surface area contributed by atoms with Crippen LogP contribution in [0.2, 0.25) is 0 Å². The number of esters is 1. The Balaban J connectivity index is 1.77. The van der Waals surface area contributed by atoms with E-state index in [9.17, 15) is 4.79 Å². The zero-order chi connectivity index (χ0) is 16.6. The third-order valence-corrected chi connectivity index (χ3v) is 5.19. The summed E-state index contributed by atoms with van der Waals surface area (Å²) in [4.78, 5) is 11.2. The van der Waals surface area contributed by atoms with Crippen molar-refractivity contribution in [2.45, 2.75) is 116 Å². The fourth-order valence-electron chi connectivity index (χ4n) is 3.58. The smallest absolute Gasteiger partial charge is 0.305 e. The van der Waals surface area contributed by atoms with Crippen LogP contribution >= 0.6 is 0 Å². The first-order valence-electron chi connectivity index (χ1n) is 10.5. The van der Waals surface area contributed by atoms with Crippen molar-refractivity contribution >= 4 is 5.97 Å². The number of unbranched alkanes of at least 4 members (excludes halogenated alkanes) is 12. The second-order valence-corrected chi connectivity index (χ2v) is 7.47. The Labute approximate surface area is 144 Å². The summed E-state index contributed by atoms with van der Waals surface area (Å²) in [5, 5.41) is 0. The lowest BCUT2D eigenvalue weighted by Crippen LogP contribution is -2.09. The third-order valence-electron chi connectivity index (χ3n) is 5.19. The van der Waals surface area contributed by atoms with E-state index >= 15 is 0 Å². The molecule has 0 radical (unpaired) electrons. The molecule has 23 heavy (non-hydrogen) atoms. The Hall–Kier alpha value is -0.530. The second kappa shape index (κ2) is 15.0. The molecule has 1 aliphatic rings. The second-order valence-electron chi connectivity index (χ2n) is 7.47. The van der Waals surface area contributed by atoms with Gasteiger partial charge in [-0.05, 0) is 25.2 Å². The van der Waals surface area contributed by atoms with Crippen LogP contribution in [0.4, 0.5) is 0 Å². The van der Waals surface area contributed by atoms with Gasteiger partial charge in [0.15, 0.2) is 0 Å². The van der Waals surface area contributed by atoms with Crippen molar-refractivity contribution in [3.63, 3.8) is 0 Å². The SMILES string of the molecule is CCCCCCCCCCCCCCCC1CCCC(=O)OC1. The summed E-state index contributed by atoms with van der Waals surface area (Å²) < 4.78 is 5.24. The number of ether oxygens (including phenoxy) is 1. The van der Waals surface area contributed by atoms with Crippen LogP contribution in [0.1, 0.15) is 116 Å². The minimum absolute atomic E-state index is 0.0119. The average Bonchev–Trinajstić information content (AvgIpc) is 2.76. The molecule has 0 aromatic heterocycles. The standard InChI is InChI=1S/C21H40O2/c1-2-3-4-5-6-7-8-9-10-11-12-13-14-16-20-17-15-18-21(22)23-19-20/h20H,2-19H2,1H3. The van der Waals surface area contributed by atoms with Gasteiger partial charge in [0.25, 0.3) is 0 Å². The predicted octanol–water partition coefficient (Wildman–Crippen LogP) is 6.81. The molecular weight excluding hydrogens is 284 g/mol. The van der Waals surface area contributed by atoms with Crippen molar-refractivity contribution in [3.05, 3.63) is 0 Å². The molecule has 0 N–H and O–H groups in total. The summed E-state index contributed by atoms with van der Waals surface area (Å²) in [5.41, 5.74) is 0. The molecule has 0 saturated carbocycles. The highest BCUT2D eigenvalue weighted by Crippen LogP contribution is 2.21. The fraction of sp³-hybridized carbons (Fsp3) is 0.952. The highest BCUT2D eigenvalue weighted by Gasteiger charge is 2.16. The topological polar surface area (TPSA) is 26.3 Å². The molecule has 1 heterocycles. The summed E-state index contributed by atoms with van der Waals surface area (Å²) in [7, 11) is 0. The van der Waals surface area contributed by atoms with E-state index in [4.69, 9.17) is 4.74 Å². The number of hydrogen-bond acceptors (Lipinski definition) is 2. The lowest BCUT2D eigenvalue weighted by Gasteiger charge is -2.12. The van der Waals surface area contributed by atoms with E-state index in [1.807, 2.05) is 0 Å². The molecular formula is C21H40O2. The minimum Gasteiger partial charge on any atom is -0.465 e. The molecule has 1 aliphatic heterocycles. The first-order chi connectivity index (χ1) is 11.3. The van der Waals surface area contributed by atoms with Gasteiger partial charge in [-0.2, -0.15) is 0 Å². The minimum atomic E-state index is 0.0119. The van der Waals surface area contributed by atoms with Crippen LogP contribution in [0.15, 0.2) is 0 Å². The third kappa shape index (κ3) is 12.5. The van der Waals surface area contributed by atoms with Gasteiger partial charge in [0.2, 0.25) is 0 Å². The van der Waals surface area contributed by atoms with Crippen molar-refractivity contribution < 1.29 is 9.53 Å². The number of rotatable bonds is 14. The van der Waals surface area contributed by atoms with Crippen molar-refractivity contribution in [1.82, 2.24) is 0 Å². The van der Waals surface area contributed by atoms with Crippen LogP contribution in [-0.4, -0.2) is 12.6 Å². The monoisotopic (exact) mass is 324 g/mol. The Morgan fingerprint density at radius 3 is 1.91 bits per heavy atom. The van der Waals surface area contributed by atoms with Crippen molar-refractivity contribution in [2.75, 3.05) is 6.61 Å². The van der Waals surface area contributed by atoms with E-state index in [0.717, 1.165) is 6.42 Å². The first-order valence-corrected chi connectivity index (χ1v) is 10.5. The van der Waals surface area contributed by atoms with Crippen LogP contribution < -0.4 is 0 Å². The predicted molar refractivity (Wildman–Crippen MR) is 98.6 cm³/mol. The van der Waals surface area contributed by atoms with E-state index in [2.05, 4.69) is 6.92 Å². The van der Waals surface area contributed by atoms with E-state index in [1.54, 1.807) is 0 Å². The van der Waals surface area contributed by atoms with E-state index < -0.39 is 0 Å². The molecule has 0 amide bonds. The molecule has 2 heteroatoms. The van der Waals surface area contributed by atoms with Crippen LogP contribution in [0.5, 0.6) is 0 Å². The molecule has 1 rings (SSSR count). The van der Waals surface area contributed by atoms with Gasteiger partial charge in [-0.3, -0.25) is 4.79 Å². The van der Waals surface area contributed by atoms with E-state index in [1.165, 1.54) is 96.3 Å². The Kier molecular flexibility index (Phi) is 13.4. The van der Waals surface area contributed by atoms with Gasteiger partial charge in [0.05, 0.1) is 6.61 Å². The molecule has 0 aromatic carbocycles. The number of hydrogen-bond donors (Lipinski definition) is 0. The summed E-state index contributed by atoms with van der Waals surface area (Å²) in [5.74, 6) is 0.645. The molecule has 2 nitrogen and oxygen atoms in total. The molecule has 0 aliphatic carbocycles. The van der Waals surface area contributed by atoms with Gasteiger partial charge in [0.1, 0.15) is 0 Å².